The van der Waals surface area contributed by atoms with E-state index in [4.69, 9.17) is 17.3 Å². The molecule has 0 radical (unpaired) electrons. The van der Waals surface area contributed by atoms with Gasteiger partial charge in [0.1, 0.15) is 5.65 Å². The molecule has 108 valence electrons. The van der Waals surface area contributed by atoms with Crippen LogP contribution < -0.4 is 5.73 Å². The molecule has 0 aliphatic rings. The van der Waals surface area contributed by atoms with E-state index < -0.39 is 0 Å². The average Bonchev–Trinajstić information content (AvgIpc) is 2.79. The number of aromatic nitrogens is 3. The Bertz CT molecular complexity index is 764. The summed E-state index contributed by atoms with van der Waals surface area (Å²) in [6, 6.07) is 6.10. The fourth-order valence-corrected chi connectivity index (χ4v) is 2.72. The van der Waals surface area contributed by atoms with Crippen LogP contribution in [0.5, 0.6) is 0 Å². The van der Waals surface area contributed by atoms with Gasteiger partial charge in [-0.05, 0) is 42.7 Å². The van der Waals surface area contributed by atoms with Crippen molar-refractivity contribution in [1.29, 1.82) is 0 Å². The van der Waals surface area contributed by atoms with Crippen molar-refractivity contribution in [2.75, 3.05) is 0 Å². The standard InChI is InChI=1S/C16H17ClN4/c1-11(18)7-13-10-21(16-14(13)3-2-5-20-16)9-12-4-6-19-8-15(12)17/h2-6,8,10-11H,7,9,18H2,1H3. The number of nitrogens with zero attached hydrogens (tertiary/aromatic N) is 3. The molecule has 5 heteroatoms. The number of hydrogen-bond donors (Lipinski definition) is 1. The van der Waals surface area contributed by atoms with Crippen molar-refractivity contribution >= 4 is 22.6 Å². The summed E-state index contributed by atoms with van der Waals surface area (Å²) < 4.78 is 2.12. The Hall–Kier alpha value is -1.91. The maximum Gasteiger partial charge on any atom is 0.140 e. The molecular weight excluding hydrogens is 284 g/mol. The molecule has 0 bridgehead atoms. The number of fused-ring (bicyclic) bond motifs is 1. The van der Waals surface area contributed by atoms with Gasteiger partial charge in [0.2, 0.25) is 0 Å². The molecule has 3 aromatic heterocycles. The van der Waals surface area contributed by atoms with Crippen molar-refractivity contribution in [2.45, 2.75) is 25.9 Å². The Morgan fingerprint density at radius 1 is 1.29 bits per heavy atom. The normalized spacial score (nSPS) is 12.7. The molecule has 1 unspecified atom stereocenters. The van der Waals surface area contributed by atoms with E-state index in [-0.39, 0.29) is 6.04 Å². The summed E-state index contributed by atoms with van der Waals surface area (Å²) >= 11 is 6.20. The zero-order chi connectivity index (χ0) is 14.8. The summed E-state index contributed by atoms with van der Waals surface area (Å²) in [6.45, 7) is 2.69. The summed E-state index contributed by atoms with van der Waals surface area (Å²) in [5, 5.41) is 1.82. The fourth-order valence-electron chi connectivity index (χ4n) is 2.54. The Morgan fingerprint density at radius 2 is 2.14 bits per heavy atom. The molecule has 0 fully saturated rings. The predicted octanol–water partition coefficient (Wildman–Crippen LogP) is 3.02. The van der Waals surface area contributed by atoms with E-state index >= 15 is 0 Å². The molecule has 0 saturated heterocycles. The van der Waals surface area contributed by atoms with E-state index in [1.807, 2.05) is 25.3 Å². The van der Waals surface area contributed by atoms with Crippen LogP contribution in [-0.4, -0.2) is 20.6 Å². The van der Waals surface area contributed by atoms with Crippen molar-refractivity contribution in [3.05, 3.63) is 59.1 Å². The molecule has 3 heterocycles. The van der Waals surface area contributed by atoms with Gasteiger partial charge in [0.25, 0.3) is 0 Å². The van der Waals surface area contributed by atoms with Crippen molar-refractivity contribution in [2.24, 2.45) is 5.73 Å². The third kappa shape index (κ3) is 2.91. The van der Waals surface area contributed by atoms with Gasteiger partial charge in [-0.1, -0.05) is 11.6 Å². The van der Waals surface area contributed by atoms with E-state index in [0.717, 1.165) is 23.0 Å². The van der Waals surface area contributed by atoms with Crippen LogP contribution in [0.4, 0.5) is 0 Å². The molecule has 1 atom stereocenters. The van der Waals surface area contributed by atoms with Crippen LogP contribution in [0.2, 0.25) is 5.02 Å². The number of nitrogens with two attached hydrogens (primary N) is 1. The first kappa shape index (κ1) is 14.0. The lowest BCUT2D eigenvalue weighted by molar-refractivity contribution is 0.734. The van der Waals surface area contributed by atoms with Gasteiger partial charge in [0, 0.05) is 36.2 Å². The van der Waals surface area contributed by atoms with E-state index in [1.165, 1.54) is 5.56 Å². The van der Waals surface area contributed by atoms with Crippen molar-refractivity contribution in [3.8, 4) is 0 Å². The summed E-state index contributed by atoms with van der Waals surface area (Å²) in [5.74, 6) is 0. The van der Waals surface area contributed by atoms with E-state index in [2.05, 4.69) is 26.8 Å². The Labute approximate surface area is 128 Å². The quantitative estimate of drug-likeness (QED) is 0.806. The van der Waals surface area contributed by atoms with Gasteiger partial charge >= 0.3 is 0 Å². The minimum atomic E-state index is 0.119. The second kappa shape index (κ2) is 5.84. The van der Waals surface area contributed by atoms with Gasteiger partial charge in [-0.3, -0.25) is 4.98 Å². The van der Waals surface area contributed by atoms with Crippen LogP contribution in [0.25, 0.3) is 11.0 Å². The van der Waals surface area contributed by atoms with Gasteiger partial charge < -0.3 is 10.3 Å². The number of hydrogen-bond acceptors (Lipinski definition) is 3. The molecule has 0 saturated carbocycles. The molecule has 0 aliphatic heterocycles. The maximum absolute atomic E-state index is 6.20. The molecular formula is C16H17ClN4. The highest BCUT2D eigenvalue weighted by atomic mass is 35.5. The van der Waals surface area contributed by atoms with Crippen LogP contribution in [-0.2, 0) is 13.0 Å². The van der Waals surface area contributed by atoms with E-state index in [1.54, 1.807) is 12.4 Å². The average molecular weight is 301 g/mol. The van der Waals surface area contributed by atoms with Crippen LogP contribution >= 0.6 is 11.6 Å². The zero-order valence-electron chi connectivity index (χ0n) is 11.8. The predicted molar refractivity (Wildman–Crippen MR) is 85.4 cm³/mol. The molecule has 0 aromatic carbocycles. The SMILES string of the molecule is CC(N)Cc1cn(Cc2ccncc2Cl)c2ncccc12. The Kier molecular flexibility index (Phi) is 3.90. The van der Waals surface area contributed by atoms with Crippen molar-refractivity contribution < 1.29 is 0 Å². The fraction of sp³-hybridized carbons (Fsp3) is 0.250. The molecule has 3 rings (SSSR count). The van der Waals surface area contributed by atoms with Crippen molar-refractivity contribution in [3.63, 3.8) is 0 Å². The Balaban J connectivity index is 2.04. The van der Waals surface area contributed by atoms with Gasteiger partial charge in [0.05, 0.1) is 11.6 Å². The van der Waals surface area contributed by atoms with Crippen LogP contribution in [0.1, 0.15) is 18.1 Å². The minimum absolute atomic E-state index is 0.119. The van der Waals surface area contributed by atoms with Crippen LogP contribution in [0.3, 0.4) is 0 Å². The van der Waals surface area contributed by atoms with Gasteiger partial charge in [-0.2, -0.15) is 0 Å². The lowest BCUT2D eigenvalue weighted by Crippen LogP contribution is -2.17. The molecule has 0 amide bonds. The third-order valence-electron chi connectivity index (χ3n) is 3.46. The van der Waals surface area contributed by atoms with E-state index in [9.17, 15) is 0 Å². The molecule has 21 heavy (non-hydrogen) atoms. The van der Waals surface area contributed by atoms with E-state index in [0.29, 0.717) is 11.6 Å². The molecule has 0 aliphatic carbocycles. The van der Waals surface area contributed by atoms with Gasteiger partial charge in [-0.15, -0.1) is 0 Å². The summed E-state index contributed by atoms with van der Waals surface area (Å²) in [4.78, 5) is 8.52. The monoisotopic (exact) mass is 300 g/mol. The summed E-state index contributed by atoms with van der Waals surface area (Å²) in [5.41, 5.74) is 9.15. The van der Waals surface area contributed by atoms with Gasteiger partial charge in [0.15, 0.2) is 0 Å². The topological polar surface area (TPSA) is 56.7 Å². The number of pyridine rings is 2. The van der Waals surface area contributed by atoms with Crippen molar-refractivity contribution in [1.82, 2.24) is 14.5 Å². The number of rotatable bonds is 4. The third-order valence-corrected chi connectivity index (χ3v) is 3.80. The first-order valence-electron chi connectivity index (χ1n) is 6.92. The van der Waals surface area contributed by atoms with Crippen LogP contribution in [0, 0.1) is 0 Å². The molecule has 0 spiro atoms. The first-order chi connectivity index (χ1) is 10.1. The summed E-state index contributed by atoms with van der Waals surface area (Å²) in [7, 11) is 0. The smallest absolute Gasteiger partial charge is 0.140 e. The van der Waals surface area contributed by atoms with Gasteiger partial charge in [-0.25, -0.2) is 4.98 Å². The largest absolute Gasteiger partial charge is 0.328 e. The second-order valence-corrected chi connectivity index (χ2v) is 5.71. The molecule has 4 nitrogen and oxygen atoms in total. The maximum atomic E-state index is 6.20. The summed E-state index contributed by atoms with van der Waals surface area (Å²) in [6.07, 6.45) is 8.18. The first-order valence-corrected chi connectivity index (χ1v) is 7.29. The highest BCUT2D eigenvalue weighted by Crippen LogP contribution is 2.23. The Morgan fingerprint density at radius 3 is 2.90 bits per heavy atom. The highest BCUT2D eigenvalue weighted by molar-refractivity contribution is 6.31. The zero-order valence-corrected chi connectivity index (χ0v) is 12.6. The highest BCUT2D eigenvalue weighted by Gasteiger charge is 2.12. The second-order valence-electron chi connectivity index (χ2n) is 5.31. The minimum Gasteiger partial charge on any atom is -0.328 e. The lowest BCUT2D eigenvalue weighted by Gasteiger charge is -2.06. The lowest BCUT2D eigenvalue weighted by atomic mass is 10.1. The number of halogens is 1. The van der Waals surface area contributed by atoms with Crippen LogP contribution in [0.15, 0.2) is 43.0 Å². The molecule has 2 N–H and O–H groups in total. The molecule has 3 aromatic rings.